The minimum absolute atomic E-state index is 0.108. The first kappa shape index (κ1) is 19.1. The molecule has 9 heteroatoms. The van der Waals surface area contributed by atoms with E-state index >= 15 is 0 Å². The first-order valence-electron chi connectivity index (χ1n) is 8.16. The Labute approximate surface area is 164 Å². The number of aromatic nitrogens is 2. The summed E-state index contributed by atoms with van der Waals surface area (Å²) in [4.78, 5) is 26.4. The molecule has 7 nitrogen and oxygen atoms in total. The van der Waals surface area contributed by atoms with Crippen LogP contribution in [0.4, 0.5) is 10.5 Å². The first-order valence-corrected chi connectivity index (χ1v) is 9.92. The zero-order valence-electron chi connectivity index (χ0n) is 14.8. The normalized spacial score (nSPS) is 10.6. The van der Waals surface area contributed by atoms with E-state index in [2.05, 4.69) is 15.5 Å². The number of benzene rings is 1. The summed E-state index contributed by atoms with van der Waals surface area (Å²) in [5, 5.41) is 14.6. The molecule has 0 bridgehead atoms. The average molecular weight is 403 g/mol. The lowest BCUT2D eigenvalue weighted by Gasteiger charge is -2.12. The summed E-state index contributed by atoms with van der Waals surface area (Å²) in [6.45, 7) is 0. The van der Waals surface area contributed by atoms with Gasteiger partial charge in [0, 0.05) is 42.8 Å². The van der Waals surface area contributed by atoms with E-state index in [1.807, 2.05) is 29.0 Å². The van der Waals surface area contributed by atoms with Crippen molar-refractivity contribution >= 4 is 39.9 Å². The fourth-order valence-electron chi connectivity index (χ4n) is 2.13. The van der Waals surface area contributed by atoms with Gasteiger partial charge >= 0.3 is 0 Å². The Bertz CT molecular complexity index is 922. The molecule has 0 atom stereocenters. The molecule has 0 aliphatic carbocycles. The predicted molar refractivity (Wildman–Crippen MR) is 106 cm³/mol. The topological polar surface area (TPSA) is 88.3 Å². The summed E-state index contributed by atoms with van der Waals surface area (Å²) < 4.78 is 5.58. The second kappa shape index (κ2) is 8.83. The molecular formula is C18H18N4O3S2. The lowest BCUT2D eigenvalue weighted by atomic mass is 10.2. The molecule has 1 aromatic carbocycles. The molecule has 0 fully saturated rings. The van der Waals surface area contributed by atoms with E-state index in [1.54, 1.807) is 37.6 Å². The second-order valence-electron chi connectivity index (χ2n) is 5.82. The van der Waals surface area contributed by atoms with Crippen LogP contribution in [0, 0.1) is 0 Å². The van der Waals surface area contributed by atoms with Gasteiger partial charge in [0.05, 0.1) is 5.69 Å². The number of aryl methyl sites for hydroxylation is 1. The molecule has 0 unspecified atom stereocenters. The third-order valence-corrected chi connectivity index (χ3v) is 5.32. The van der Waals surface area contributed by atoms with Gasteiger partial charge in [0.15, 0.2) is 0 Å². The third kappa shape index (κ3) is 5.18. The number of nitrogens with zero attached hydrogens (tertiary/aromatic N) is 3. The van der Waals surface area contributed by atoms with Gasteiger partial charge in [0.1, 0.15) is 0 Å². The van der Waals surface area contributed by atoms with Gasteiger partial charge in [-0.3, -0.25) is 9.59 Å². The van der Waals surface area contributed by atoms with Crippen molar-refractivity contribution in [3.63, 3.8) is 0 Å². The number of para-hydroxylation sites is 1. The van der Waals surface area contributed by atoms with Crippen LogP contribution in [0.5, 0.6) is 0 Å². The highest BCUT2D eigenvalue weighted by Crippen LogP contribution is 2.28. The van der Waals surface area contributed by atoms with Crippen LogP contribution in [0.15, 0.2) is 50.4 Å². The molecule has 3 aromatic rings. The summed E-state index contributed by atoms with van der Waals surface area (Å²) in [5.74, 6) is 0.683. The molecular weight excluding hydrogens is 384 g/mol. The predicted octanol–water partition coefficient (Wildman–Crippen LogP) is 4.14. The van der Waals surface area contributed by atoms with E-state index in [-0.39, 0.29) is 17.6 Å². The molecule has 3 rings (SSSR count). The molecule has 2 heterocycles. The molecule has 27 heavy (non-hydrogen) atoms. The molecule has 0 saturated heterocycles. The average Bonchev–Trinajstić information content (AvgIpc) is 3.33. The van der Waals surface area contributed by atoms with E-state index in [9.17, 15) is 9.59 Å². The van der Waals surface area contributed by atoms with E-state index in [1.165, 1.54) is 4.90 Å². The maximum atomic E-state index is 12.3. The summed E-state index contributed by atoms with van der Waals surface area (Å²) in [6, 6.07) is 9.10. The van der Waals surface area contributed by atoms with Crippen molar-refractivity contribution in [1.29, 1.82) is 0 Å². The number of rotatable bonds is 6. The van der Waals surface area contributed by atoms with Gasteiger partial charge in [-0.25, -0.2) is 0 Å². The highest BCUT2D eigenvalue weighted by Gasteiger charge is 2.14. The summed E-state index contributed by atoms with van der Waals surface area (Å²) in [7, 11) is 3.37. The first-order chi connectivity index (χ1) is 13.0. The van der Waals surface area contributed by atoms with Gasteiger partial charge in [-0.15, -0.1) is 10.2 Å². The number of hydrogen-bond acceptors (Lipinski definition) is 7. The van der Waals surface area contributed by atoms with Crippen molar-refractivity contribution < 1.29 is 14.0 Å². The Morgan fingerprint density at radius 2 is 2.04 bits per heavy atom. The van der Waals surface area contributed by atoms with Crippen molar-refractivity contribution in [2.45, 2.75) is 17.7 Å². The summed E-state index contributed by atoms with van der Waals surface area (Å²) in [5.41, 5.74) is 1.48. The Kier molecular flexibility index (Phi) is 6.25. The zero-order valence-corrected chi connectivity index (χ0v) is 16.5. The third-order valence-electron chi connectivity index (χ3n) is 3.52. The monoisotopic (exact) mass is 402 g/mol. The van der Waals surface area contributed by atoms with Crippen molar-refractivity contribution in [3.05, 3.63) is 47.0 Å². The SMILES string of the molecule is CN(C)C(=O)Sc1ccccc1NC(=O)CCc1nnc(-c2ccsc2)o1. The van der Waals surface area contributed by atoms with E-state index in [0.717, 1.165) is 17.3 Å². The molecule has 0 aliphatic heterocycles. The molecule has 0 radical (unpaired) electrons. The molecule has 140 valence electrons. The number of amides is 2. The smallest absolute Gasteiger partial charge is 0.286 e. The Morgan fingerprint density at radius 1 is 1.22 bits per heavy atom. The number of anilines is 1. The number of nitrogens with one attached hydrogen (secondary N) is 1. The summed E-state index contributed by atoms with van der Waals surface area (Å²) >= 11 is 2.62. The largest absolute Gasteiger partial charge is 0.421 e. The number of carbonyl (C=O) groups excluding carboxylic acids is 2. The Morgan fingerprint density at radius 3 is 2.78 bits per heavy atom. The van der Waals surface area contributed by atoms with Crippen LogP contribution < -0.4 is 5.32 Å². The highest BCUT2D eigenvalue weighted by atomic mass is 32.2. The zero-order chi connectivity index (χ0) is 19.2. The highest BCUT2D eigenvalue weighted by molar-refractivity contribution is 8.13. The Hall–Kier alpha value is -2.65. The second-order valence-corrected chi connectivity index (χ2v) is 7.59. The van der Waals surface area contributed by atoms with Crippen LogP contribution in [0.3, 0.4) is 0 Å². The maximum absolute atomic E-state index is 12.3. The van der Waals surface area contributed by atoms with Gasteiger partial charge in [-0.2, -0.15) is 11.3 Å². The molecule has 2 aromatic heterocycles. The van der Waals surface area contributed by atoms with Crippen molar-refractivity contribution in [2.75, 3.05) is 19.4 Å². The fourth-order valence-corrected chi connectivity index (χ4v) is 3.51. The van der Waals surface area contributed by atoms with Gasteiger partial charge in [0.25, 0.3) is 5.24 Å². The van der Waals surface area contributed by atoms with Gasteiger partial charge < -0.3 is 14.6 Å². The van der Waals surface area contributed by atoms with Crippen molar-refractivity contribution in [2.24, 2.45) is 0 Å². The quantitative estimate of drug-likeness (QED) is 0.623. The minimum atomic E-state index is -0.185. The minimum Gasteiger partial charge on any atom is -0.421 e. The van der Waals surface area contributed by atoms with Gasteiger partial charge in [0.2, 0.25) is 17.7 Å². The summed E-state index contributed by atoms with van der Waals surface area (Å²) in [6.07, 6.45) is 0.542. The fraction of sp³-hybridized carbons (Fsp3) is 0.222. The number of thiophene rings is 1. The van der Waals surface area contributed by atoms with Gasteiger partial charge in [-0.1, -0.05) is 12.1 Å². The molecule has 0 saturated carbocycles. The number of hydrogen-bond donors (Lipinski definition) is 1. The molecule has 0 spiro atoms. The van der Waals surface area contributed by atoms with Gasteiger partial charge in [-0.05, 0) is 35.3 Å². The van der Waals surface area contributed by atoms with Crippen LogP contribution in [0.25, 0.3) is 11.5 Å². The van der Waals surface area contributed by atoms with Crippen LogP contribution in [0.1, 0.15) is 12.3 Å². The Balaban J connectivity index is 1.58. The van der Waals surface area contributed by atoms with Crippen molar-refractivity contribution in [1.82, 2.24) is 15.1 Å². The van der Waals surface area contributed by atoms with Crippen LogP contribution in [-0.4, -0.2) is 40.3 Å². The maximum Gasteiger partial charge on any atom is 0.286 e. The van der Waals surface area contributed by atoms with Crippen molar-refractivity contribution in [3.8, 4) is 11.5 Å². The number of thioether (sulfide) groups is 1. The molecule has 1 N–H and O–H groups in total. The lowest BCUT2D eigenvalue weighted by molar-refractivity contribution is -0.116. The van der Waals surface area contributed by atoms with Crippen LogP contribution in [0.2, 0.25) is 0 Å². The van der Waals surface area contributed by atoms with Crippen LogP contribution >= 0.6 is 23.1 Å². The lowest BCUT2D eigenvalue weighted by Crippen LogP contribution is -2.17. The van der Waals surface area contributed by atoms with E-state index in [4.69, 9.17) is 4.42 Å². The van der Waals surface area contributed by atoms with E-state index < -0.39 is 0 Å². The standard InChI is InChI=1S/C18H18N4O3S2/c1-22(2)18(24)27-14-6-4-3-5-13(14)19-15(23)7-8-16-20-21-17(25-16)12-9-10-26-11-12/h3-6,9-11H,7-8H2,1-2H3,(H,19,23). The number of carbonyl (C=O) groups is 2. The van der Waals surface area contributed by atoms with E-state index in [0.29, 0.717) is 28.8 Å². The van der Waals surface area contributed by atoms with Crippen LogP contribution in [-0.2, 0) is 11.2 Å². The molecule has 2 amide bonds. The molecule has 0 aliphatic rings.